The standard InChI is InChI=1S/C31H32N6O4S/c1-18-16-20(41-19-8-4-3-5-9-19)12-13-23(18)37-24-14-15-33-30-26(24)27(36-31(37)40)28(42-30)29(39)35-22-11-7-6-10-21(22)34-25(38)17-32-2/h3-5,8-9,12-16,21-22,32H,6-7,10-11,17H2,1-2H3,(H,34,38)(H,35,39)(H,36,40)/t21-,22+/m0/s1. The smallest absolute Gasteiger partial charge is 0.331 e. The largest absolute Gasteiger partial charge is 0.457 e. The molecule has 1 fully saturated rings. The molecule has 2 atom stereocenters. The van der Waals surface area contributed by atoms with E-state index in [9.17, 15) is 14.4 Å². The third kappa shape index (κ3) is 5.40. The van der Waals surface area contributed by atoms with Gasteiger partial charge < -0.3 is 26.0 Å². The number of nitrogens with zero attached hydrogens (tertiary/aromatic N) is 2. The number of ether oxygens (including phenoxy) is 1. The van der Waals surface area contributed by atoms with Crippen LogP contribution in [0.4, 0.5) is 21.9 Å². The van der Waals surface area contributed by atoms with Gasteiger partial charge in [0, 0.05) is 18.3 Å². The minimum absolute atomic E-state index is 0.100. The van der Waals surface area contributed by atoms with Gasteiger partial charge in [-0.05, 0) is 68.8 Å². The average Bonchev–Trinajstić information content (AvgIpc) is 3.35. The van der Waals surface area contributed by atoms with E-state index in [4.69, 9.17) is 4.74 Å². The molecule has 2 aromatic carbocycles. The minimum atomic E-state index is -0.364. The monoisotopic (exact) mass is 584 g/mol. The Labute approximate surface area is 247 Å². The van der Waals surface area contributed by atoms with Crippen molar-refractivity contribution in [1.29, 1.82) is 0 Å². The molecular formula is C31H32N6O4S. The van der Waals surface area contributed by atoms with E-state index in [1.807, 2.05) is 55.5 Å². The number of nitrogens with one attached hydrogen (secondary N) is 4. The lowest BCUT2D eigenvalue weighted by Crippen LogP contribution is -2.54. The normalized spacial score (nSPS) is 18.0. The van der Waals surface area contributed by atoms with E-state index in [0.717, 1.165) is 42.4 Å². The molecule has 42 heavy (non-hydrogen) atoms. The summed E-state index contributed by atoms with van der Waals surface area (Å²) < 4.78 is 5.98. The second kappa shape index (κ2) is 11.8. The molecule has 1 aliphatic carbocycles. The van der Waals surface area contributed by atoms with Gasteiger partial charge in [0.25, 0.3) is 5.91 Å². The number of anilines is 3. The number of aromatic nitrogens is 1. The Morgan fingerprint density at radius 1 is 1.02 bits per heavy atom. The van der Waals surface area contributed by atoms with Crippen molar-refractivity contribution in [2.24, 2.45) is 0 Å². The van der Waals surface area contributed by atoms with E-state index in [-0.39, 0.29) is 36.5 Å². The van der Waals surface area contributed by atoms with E-state index < -0.39 is 0 Å². The van der Waals surface area contributed by atoms with Crippen LogP contribution in [0, 0.1) is 6.92 Å². The van der Waals surface area contributed by atoms with Crippen LogP contribution in [0.5, 0.6) is 11.5 Å². The lowest BCUT2D eigenvalue weighted by Gasteiger charge is -2.33. The first-order valence-electron chi connectivity index (χ1n) is 14.0. The van der Waals surface area contributed by atoms with Crippen molar-refractivity contribution in [2.75, 3.05) is 23.8 Å². The fourth-order valence-electron chi connectivity index (χ4n) is 5.68. The zero-order valence-corrected chi connectivity index (χ0v) is 24.2. The third-order valence-electron chi connectivity index (χ3n) is 7.61. The van der Waals surface area contributed by atoms with Crippen LogP contribution in [0.25, 0.3) is 10.2 Å². The zero-order chi connectivity index (χ0) is 29.2. The van der Waals surface area contributed by atoms with Gasteiger partial charge in [0.2, 0.25) is 5.91 Å². The second-order valence-corrected chi connectivity index (χ2v) is 11.5. The Hall–Kier alpha value is -4.48. The van der Waals surface area contributed by atoms with Gasteiger partial charge in [-0.2, -0.15) is 0 Å². The maximum absolute atomic E-state index is 13.6. The number of hydrogen-bond donors (Lipinski definition) is 4. The summed E-state index contributed by atoms with van der Waals surface area (Å²) in [6.45, 7) is 2.15. The molecule has 0 saturated heterocycles. The number of amides is 4. The quantitative estimate of drug-likeness (QED) is 0.218. The molecule has 0 bridgehead atoms. The van der Waals surface area contributed by atoms with Gasteiger partial charge in [0.1, 0.15) is 21.2 Å². The molecule has 0 spiro atoms. The number of rotatable bonds is 8. The molecule has 216 valence electrons. The Morgan fingerprint density at radius 3 is 2.52 bits per heavy atom. The van der Waals surface area contributed by atoms with Crippen molar-refractivity contribution in [1.82, 2.24) is 20.9 Å². The number of para-hydroxylation sites is 1. The topological polar surface area (TPSA) is 125 Å². The first-order chi connectivity index (χ1) is 20.4. The summed E-state index contributed by atoms with van der Waals surface area (Å²) >= 11 is 1.25. The number of likely N-dealkylation sites (N-methyl/N-ethyl adjacent to an activating group) is 1. The van der Waals surface area contributed by atoms with Crippen molar-refractivity contribution in [3.05, 3.63) is 71.2 Å². The van der Waals surface area contributed by atoms with E-state index in [1.165, 1.54) is 11.3 Å². The molecular weight excluding hydrogens is 552 g/mol. The number of aryl methyl sites for hydroxylation is 1. The lowest BCUT2D eigenvalue weighted by molar-refractivity contribution is -0.121. The molecule has 6 rings (SSSR count). The fraction of sp³-hybridized carbons (Fsp3) is 0.290. The summed E-state index contributed by atoms with van der Waals surface area (Å²) in [6, 6.07) is 16.2. The zero-order valence-electron chi connectivity index (χ0n) is 23.4. The lowest BCUT2D eigenvalue weighted by atomic mass is 9.90. The van der Waals surface area contributed by atoms with Crippen LogP contribution in [0.3, 0.4) is 0 Å². The van der Waals surface area contributed by atoms with Crippen LogP contribution in [-0.4, -0.2) is 48.5 Å². The second-order valence-electron chi connectivity index (χ2n) is 10.5. The number of urea groups is 1. The van der Waals surface area contributed by atoms with E-state index in [0.29, 0.717) is 32.5 Å². The van der Waals surface area contributed by atoms with Gasteiger partial charge in [0.05, 0.1) is 29.0 Å². The molecule has 0 unspecified atom stereocenters. The average molecular weight is 585 g/mol. The number of hydrogen-bond acceptors (Lipinski definition) is 7. The van der Waals surface area contributed by atoms with Crippen LogP contribution in [0.1, 0.15) is 40.9 Å². The molecule has 4 N–H and O–H groups in total. The number of carbonyl (C=O) groups is 3. The molecule has 2 aliphatic rings. The van der Waals surface area contributed by atoms with Gasteiger partial charge in [-0.25, -0.2) is 9.78 Å². The Kier molecular flexibility index (Phi) is 7.77. The summed E-state index contributed by atoms with van der Waals surface area (Å²) in [5.41, 5.74) is 2.67. The molecule has 2 aromatic heterocycles. The molecule has 1 saturated carbocycles. The van der Waals surface area contributed by atoms with Crippen molar-refractivity contribution < 1.29 is 19.1 Å². The van der Waals surface area contributed by atoms with Crippen molar-refractivity contribution >= 4 is 56.5 Å². The SMILES string of the molecule is CNCC(=O)N[C@H]1CCCC[C@H]1NC(=O)c1sc2nccc3c2c1NC(=O)N3c1ccc(Oc2ccccc2)cc1C. The van der Waals surface area contributed by atoms with Crippen LogP contribution in [-0.2, 0) is 4.79 Å². The Balaban J connectivity index is 1.28. The molecule has 3 heterocycles. The van der Waals surface area contributed by atoms with Gasteiger partial charge in [-0.1, -0.05) is 31.0 Å². The highest BCUT2D eigenvalue weighted by molar-refractivity contribution is 7.21. The molecule has 11 heteroatoms. The maximum Gasteiger partial charge on any atom is 0.331 e. The molecule has 1 aliphatic heterocycles. The number of thiophene rings is 1. The van der Waals surface area contributed by atoms with E-state index in [2.05, 4.69) is 26.3 Å². The summed E-state index contributed by atoms with van der Waals surface area (Å²) in [5.74, 6) is 1.01. The van der Waals surface area contributed by atoms with Gasteiger partial charge >= 0.3 is 6.03 Å². The molecule has 4 amide bonds. The van der Waals surface area contributed by atoms with Gasteiger partial charge in [0.15, 0.2) is 0 Å². The first kappa shape index (κ1) is 27.7. The number of carbonyl (C=O) groups excluding carboxylic acids is 3. The van der Waals surface area contributed by atoms with Crippen LogP contribution in [0.2, 0.25) is 0 Å². The first-order valence-corrected chi connectivity index (χ1v) is 14.9. The number of pyridine rings is 1. The Morgan fingerprint density at radius 2 is 1.79 bits per heavy atom. The predicted octanol–water partition coefficient (Wildman–Crippen LogP) is 5.46. The fourth-order valence-corrected chi connectivity index (χ4v) is 6.70. The maximum atomic E-state index is 13.6. The summed E-state index contributed by atoms with van der Waals surface area (Å²) in [7, 11) is 1.72. The molecule has 4 aromatic rings. The molecule has 10 nitrogen and oxygen atoms in total. The van der Waals surface area contributed by atoms with Gasteiger partial charge in [-0.3, -0.25) is 14.5 Å². The summed E-state index contributed by atoms with van der Waals surface area (Å²) in [5, 5.41) is 12.7. The van der Waals surface area contributed by atoms with Crippen LogP contribution >= 0.6 is 11.3 Å². The summed E-state index contributed by atoms with van der Waals surface area (Å²) in [4.78, 5) is 46.6. The Bertz CT molecular complexity index is 1660. The van der Waals surface area contributed by atoms with E-state index in [1.54, 1.807) is 24.2 Å². The highest BCUT2D eigenvalue weighted by atomic mass is 32.1. The van der Waals surface area contributed by atoms with Crippen LogP contribution < -0.4 is 30.9 Å². The van der Waals surface area contributed by atoms with Crippen molar-refractivity contribution in [3.8, 4) is 11.5 Å². The van der Waals surface area contributed by atoms with Crippen molar-refractivity contribution in [3.63, 3.8) is 0 Å². The van der Waals surface area contributed by atoms with Gasteiger partial charge in [-0.15, -0.1) is 11.3 Å². The minimum Gasteiger partial charge on any atom is -0.457 e. The van der Waals surface area contributed by atoms with E-state index >= 15 is 0 Å². The third-order valence-corrected chi connectivity index (χ3v) is 8.70. The highest BCUT2D eigenvalue weighted by Gasteiger charge is 2.35. The summed E-state index contributed by atoms with van der Waals surface area (Å²) in [6.07, 6.45) is 5.17. The van der Waals surface area contributed by atoms with Crippen LogP contribution in [0.15, 0.2) is 60.8 Å². The van der Waals surface area contributed by atoms with Crippen molar-refractivity contribution in [2.45, 2.75) is 44.7 Å². The molecule has 0 radical (unpaired) electrons. The number of benzene rings is 2. The highest BCUT2D eigenvalue weighted by Crippen LogP contribution is 2.46. The predicted molar refractivity (Wildman–Crippen MR) is 164 cm³/mol.